The topological polar surface area (TPSA) is 55.6 Å². The maximum atomic E-state index is 12.2. The highest BCUT2D eigenvalue weighted by atomic mass is 16.5. The molecule has 1 amide bonds. The molecular weight excluding hydrogens is 256 g/mol. The molecule has 5 nitrogen and oxygen atoms in total. The zero-order valence-corrected chi connectivity index (χ0v) is 12.6. The number of rotatable bonds is 6. The van der Waals surface area contributed by atoms with Crippen molar-refractivity contribution < 1.29 is 14.1 Å². The lowest BCUT2D eigenvalue weighted by Gasteiger charge is -2.16. The fraction of sp³-hybridized carbons (Fsp3) is 0.733. The SMILES string of the molecule is CC(C)c1cc(C(=O)N(C)CCC[C@H]2CCCO2)no1. The van der Waals surface area contributed by atoms with Gasteiger partial charge < -0.3 is 14.2 Å². The van der Waals surface area contributed by atoms with Gasteiger partial charge in [-0.05, 0) is 25.7 Å². The van der Waals surface area contributed by atoms with Crippen LogP contribution in [0.3, 0.4) is 0 Å². The van der Waals surface area contributed by atoms with Crippen LogP contribution in [0.4, 0.5) is 0 Å². The Bertz CT molecular complexity index is 436. The van der Waals surface area contributed by atoms with Crippen molar-refractivity contribution in [2.24, 2.45) is 0 Å². The predicted octanol–water partition coefficient (Wildman–Crippen LogP) is 2.83. The number of hydrogen-bond acceptors (Lipinski definition) is 4. The molecule has 2 rings (SSSR count). The summed E-state index contributed by atoms with van der Waals surface area (Å²) in [6.07, 6.45) is 4.68. The molecule has 112 valence electrons. The van der Waals surface area contributed by atoms with E-state index in [-0.39, 0.29) is 11.8 Å². The van der Waals surface area contributed by atoms with Gasteiger partial charge in [-0.1, -0.05) is 19.0 Å². The van der Waals surface area contributed by atoms with E-state index < -0.39 is 0 Å². The van der Waals surface area contributed by atoms with Gasteiger partial charge in [-0.25, -0.2) is 0 Å². The summed E-state index contributed by atoms with van der Waals surface area (Å²) in [6.45, 7) is 5.64. The molecule has 5 heteroatoms. The molecule has 0 aliphatic carbocycles. The van der Waals surface area contributed by atoms with Crippen molar-refractivity contribution in [3.05, 3.63) is 17.5 Å². The van der Waals surface area contributed by atoms with Crippen LogP contribution in [0, 0.1) is 0 Å². The second kappa shape index (κ2) is 6.88. The van der Waals surface area contributed by atoms with Gasteiger partial charge in [0.1, 0.15) is 5.76 Å². The highest BCUT2D eigenvalue weighted by Gasteiger charge is 2.19. The van der Waals surface area contributed by atoms with Crippen LogP contribution in [0.1, 0.15) is 61.7 Å². The molecule has 1 fully saturated rings. The largest absolute Gasteiger partial charge is 0.378 e. The Kier molecular flexibility index (Phi) is 5.17. The van der Waals surface area contributed by atoms with Crippen LogP contribution in [0.25, 0.3) is 0 Å². The van der Waals surface area contributed by atoms with Gasteiger partial charge in [-0.15, -0.1) is 0 Å². The first-order valence-electron chi connectivity index (χ1n) is 7.41. The third kappa shape index (κ3) is 3.82. The van der Waals surface area contributed by atoms with E-state index in [1.807, 2.05) is 20.9 Å². The average molecular weight is 280 g/mol. The van der Waals surface area contributed by atoms with Crippen LogP contribution in [0.15, 0.2) is 10.6 Å². The Morgan fingerprint density at radius 1 is 1.55 bits per heavy atom. The molecule has 0 spiro atoms. The number of nitrogens with zero attached hydrogens (tertiary/aromatic N) is 2. The summed E-state index contributed by atoms with van der Waals surface area (Å²) < 4.78 is 10.7. The minimum Gasteiger partial charge on any atom is -0.378 e. The average Bonchev–Trinajstić information content (AvgIpc) is 3.08. The fourth-order valence-corrected chi connectivity index (χ4v) is 2.39. The number of amides is 1. The van der Waals surface area contributed by atoms with E-state index in [9.17, 15) is 4.79 Å². The fourth-order valence-electron chi connectivity index (χ4n) is 2.39. The van der Waals surface area contributed by atoms with E-state index in [1.165, 1.54) is 0 Å². The summed E-state index contributed by atoms with van der Waals surface area (Å²) in [7, 11) is 1.81. The van der Waals surface area contributed by atoms with Crippen LogP contribution in [-0.2, 0) is 4.74 Å². The number of hydrogen-bond donors (Lipinski definition) is 0. The van der Waals surface area contributed by atoms with Gasteiger partial charge in [0.15, 0.2) is 5.69 Å². The third-order valence-corrected chi connectivity index (χ3v) is 3.71. The van der Waals surface area contributed by atoms with Crippen molar-refractivity contribution in [3.8, 4) is 0 Å². The van der Waals surface area contributed by atoms with Crippen LogP contribution in [0.5, 0.6) is 0 Å². The first kappa shape index (κ1) is 15.0. The lowest BCUT2D eigenvalue weighted by atomic mass is 10.1. The summed E-state index contributed by atoms with van der Waals surface area (Å²) >= 11 is 0. The van der Waals surface area contributed by atoms with Crippen LogP contribution >= 0.6 is 0 Å². The van der Waals surface area contributed by atoms with Gasteiger partial charge in [0.2, 0.25) is 0 Å². The van der Waals surface area contributed by atoms with Crippen LogP contribution in [-0.4, -0.2) is 42.3 Å². The van der Waals surface area contributed by atoms with E-state index in [0.29, 0.717) is 11.8 Å². The van der Waals surface area contributed by atoms with Gasteiger partial charge in [0.25, 0.3) is 5.91 Å². The second-order valence-corrected chi connectivity index (χ2v) is 5.77. The smallest absolute Gasteiger partial charge is 0.275 e. The lowest BCUT2D eigenvalue weighted by molar-refractivity contribution is 0.0753. The van der Waals surface area contributed by atoms with E-state index in [0.717, 1.165) is 44.6 Å². The van der Waals surface area contributed by atoms with Gasteiger partial charge in [0, 0.05) is 32.2 Å². The Labute approximate surface area is 120 Å². The normalized spacial score (nSPS) is 18.7. The first-order chi connectivity index (χ1) is 9.58. The van der Waals surface area contributed by atoms with E-state index in [4.69, 9.17) is 9.26 Å². The number of carbonyl (C=O) groups is 1. The molecule has 1 atom stereocenters. The van der Waals surface area contributed by atoms with Crippen molar-refractivity contribution in [1.82, 2.24) is 10.1 Å². The van der Waals surface area contributed by atoms with Gasteiger partial charge >= 0.3 is 0 Å². The lowest BCUT2D eigenvalue weighted by Crippen LogP contribution is -2.28. The molecule has 0 bridgehead atoms. The Hall–Kier alpha value is -1.36. The second-order valence-electron chi connectivity index (χ2n) is 5.77. The standard InChI is InChI=1S/C15H24N2O3/c1-11(2)14-10-13(16-20-14)15(18)17(3)8-4-6-12-7-5-9-19-12/h10-12H,4-9H2,1-3H3/t12-/m0/s1. The molecule has 0 aromatic carbocycles. The zero-order valence-electron chi connectivity index (χ0n) is 12.6. The van der Waals surface area contributed by atoms with Gasteiger partial charge in [-0.3, -0.25) is 4.79 Å². The highest BCUT2D eigenvalue weighted by Crippen LogP contribution is 2.18. The Morgan fingerprint density at radius 2 is 2.35 bits per heavy atom. The zero-order chi connectivity index (χ0) is 14.5. The number of ether oxygens (including phenoxy) is 1. The van der Waals surface area contributed by atoms with E-state index in [2.05, 4.69) is 5.16 Å². The molecule has 20 heavy (non-hydrogen) atoms. The molecule has 2 heterocycles. The summed E-state index contributed by atoms with van der Waals surface area (Å²) in [5.74, 6) is 0.919. The van der Waals surface area contributed by atoms with Crippen molar-refractivity contribution in [1.29, 1.82) is 0 Å². The van der Waals surface area contributed by atoms with Crippen molar-refractivity contribution in [3.63, 3.8) is 0 Å². The Balaban J connectivity index is 1.78. The van der Waals surface area contributed by atoms with Crippen molar-refractivity contribution in [2.75, 3.05) is 20.2 Å². The van der Waals surface area contributed by atoms with E-state index >= 15 is 0 Å². The molecule has 1 aliphatic heterocycles. The molecule has 0 saturated carbocycles. The van der Waals surface area contributed by atoms with Gasteiger partial charge in [0.05, 0.1) is 6.10 Å². The summed E-state index contributed by atoms with van der Waals surface area (Å²) in [5, 5.41) is 3.85. The molecule has 1 aliphatic rings. The number of aromatic nitrogens is 1. The minimum absolute atomic E-state index is 0.0759. The number of carbonyl (C=O) groups excluding carboxylic acids is 1. The summed E-state index contributed by atoms with van der Waals surface area (Å²) in [5.41, 5.74) is 0.397. The first-order valence-corrected chi connectivity index (χ1v) is 7.41. The van der Waals surface area contributed by atoms with Crippen LogP contribution < -0.4 is 0 Å². The van der Waals surface area contributed by atoms with Gasteiger partial charge in [-0.2, -0.15) is 0 Å². The van der Waals surface area contributed by atoms with Crippen LogP contribution in [0.2, 0.25) is 0 Å². The predicted molar refractivity (Wildman–Crippen MR) is 75.8 cm³/mol. The molecule has 0 radical (unpaired) electrons. The molecule has 0 unspecified atom stereocenters. The highest BCUT2D eigenvalue weighted by molar-refractivity contribution is 5.92. The van der Waals surface area contributed by atoms with Crippen molar-refractivity contribution >= 4 is 5.91 Å². The monoisotopic (exact) mass is 280 g/mol. The van der Waals surface area contributed by atoms with Crippen molar-refractivity contribution in [2.45, 2.75) is 51.6 Å². The third-order valence-electron chi connectivity index (χ3n) is 3.71. The molecular formula is C15H24N2O3. The molecule has 1 saturated heterocycles. The summed E-state index contributed by atoms with van der Waals surface area (Å²) in [4.78, 5) is 13.9. The molecule has 0 N–H and O–H groups in total. The molecule has 1 aromatic heterocycles. The maximum Gasteiger partial charge on any atom is 0.275 e. The maximum absolute atomic E-state index is 12.2. The molecule has 1 aromatic rings. The Morgan fingerprint density at radius 3 is 2.95 bits per heavy atom. The van der Waals surface area contributed by atoms with E-state index in [1.54, 1.807) is 11.0 Å². The summed E-state index contributed by atoms with van der Waals surface area (Å²) in [6, 6.07) is 1.74. The minimum atomic E-state index is -0.0759. The quantitative estimate of drug-likeness (QED) is 0.804.